The number of hydrogen-bond acceptors (Lipinski definition) is 10. The molecule has 1 aliphatic carbocycles. The average Bonchev–Trinajstić information content (AvgIpc) is 1.61. The molecule has 0 atom stereocenters. The van der Waals surface area contributed by atoms with Gasteiger partial charge in [0, 0.05) is 17.6 Å². The van der Waals surface area contributed by atoms with Crippen LogP contribution in [0.15, 0.2) is 159 Å². The lowest BCUT2D eigenvalue weighted by atomic mass is 9.70. The smallest absolute Gasteiger partial charge is 0.343 e. The molecule has 0 aromatic heterocycles. The molecule has 0 saturated carbocycles. The molecule has 0 radical (unpaired) electrons. The average molecular weight is 1210 g/mol. The van der Waals surface area contributed by atoms with E-state index in [1.54, 1.807) is 24.3 Å². The number of benzene rings is 6. The molecule has 0 fully saturated rings. The van der Waals surface area contributed by atoms with Crippen molar-refractivity contribution in [2.75, 3.05) is 26.4 Å². The van der Waals surface area contributed by atoms with E-state index >= 15 is 0 Å². The minimum atomic E-state index is -0.411. The van der Waals surface area contributed by atoms with Gasteiger partial charge in [-0.2, -0.15) is 0 Å². The van der Waals surface area contributed by atoms with Crippen molar-refractivity contribution in [3.05, 3.63) is 181 Å². The van der Waals surface area contributed by atoms with Crippen molar-refractivity contribution < 1.29 is 47.6 Å². The highest BCUT2D eigenvalue weighted by Crippen LogP contribution is 2.56. The fourth-order valence-corrected chi connectivity index (χ4v) is 12.1. The molecule has 6 aromatic rings. The first kappa shape index (κ1) is 68.8. The van der Waals surface area contributed by atoms with Crippen LogP contribution in [-0.4, -0.2) is 50.3 Å². The Hall–Kier alpha value is -7.72. The van der Waals surface area contributed by atoms with Crippen LogP contribution in [0.3, 0.4) is 0 Å². The van der Waals surface area contributed by atoms with Crippen molar-refractivity contribution in [1.29, 1.82) is 0 Å². The number of esters is 4. The summed E-state index contributed by atoms with van der Waals surface area (Å²) in [6.07, 6.45) is 34.1. The third-order valence-electron chi connectivity index (χ3n) is 17.2. The normalized spacial score (nSPS) is 11.9. The summed E-state index contributed by atoms with van der Waals surface area (Å²) in [5.74, 6) is 0.944. The first-order valence-electron chi connectivity index (χ1n) is 33.6. The molecular formula is C79H98O10. The lowest BCUT2D eigenvalue weighted by molar-refractivity contribution is -0.138. The summed E-state index contributed by atoms with van der Waals surface area (Å²) in [6, 6.07) is 44.2. The molecule has 0 amide bonds. The van der Waals surface area contributed by atoms with Crippen LogP contribution in [-0.2, 0) is 24.5 Å². The van der Waals surface area contributed by atoms with Gasteiger partial charge in [-0.1, -0.05) is 217 Å². The molecule has 89 heavy (non-hydrogen) atoms. The zero-order valence-corrected chi connectivity index (χ0v) is 53.5. The Balaban J connectivity index is 0.910. The van der Waals surface area contributed by atoms with Crippen LogP contribution in [0.25, 0.3) is 33.4 Å². The van der Waals surface area contributed by atoms with Crippen molar-refractivity contribution in [2.24, 2.45) is 0 Å². The summed E-state index contributed by atoms with van der Waals surface area (Å²) >= 11 is 0. The standard InChI is InChI=1S/C79H98O10/c1-5-9-11-27-53-79(54-28-12-10-6-2)73-59-65(61-33-47-69(48-34-61)88-77(82)63-37-43-67(44-38-63)84-55-29-23-19-15-13-17-21-25-31-57-86-75(80)7-3)41-51-71(73)72-52-42-66(60-74(72)79)62-35-49-70(50-36-62)89-78(83)64-39-45-68(46-40-64)85-56-30-24-20-16-14-18-22-26-32-58-87-76(81)8-4/h7-8,33-52,59-60H,3-6,9-32,53-58H2,1-2H3. The summed E-state index contributed by atoms with van der Waals surface area (Å²) in [5.41, 5.74) is 10.6. The quantitative estimate of drug-likeness (QED) is 0.0158. The van der Waals surface area contributed by atoms with Gasteiger partial charge in [-0.15, -0.1) is 0 Å². The Bertz CT molecular complexity index is 2890. The van der Waals surface area contributed by atoms with Gasteiger partial charge in [0.1, 0.15) is 23.0 Å². The van der Waals surface area contributed by atoms with Crippen LogP contribution >= 0.6 is 0 Å². The maximum absolute atomic E-state index is 13.3. The van der Waals surface area contributed by atoms with E-state index in [1.807, 2.05) is 48.5 Å². The fourth-order valence-electron chi connectivity index (χ4n) is 12.1. The van der Waals surface area contributed by atoms with Gasteiger partial charge < -0.3 is 28.4 Å². The molecule has 0 saturated heterocycles. The highest BCUT2D eigenvalue weighted by molar-refractivity contribution is 5.92. The van der Waals surface area contributed by atoms with Gasteiger partial charge in [0.2, 0.25) is 0 Å². The Morgan fingerprint density at radius 2 is 0.652 bits per heavy atom. The first-order chi connectivity index (χ1) is 43.6. The molecule has 0 N–H and O–H groups in total. The molecular weight excluding hydrogens is 1110 g/mol. The second-order valence-electron chi connectivity index (χ2n) is 23.9. The zero-order valence-electron chi connectivity index (χ0n) is 53.5. The summed E-state index contributed by atoms with van der Waals surface area (Å²) in [7, 11) is 0. The predicted octanol–water partition coefficient (Wildman–Crippen LogP) is 20.9. The van der Waals surface area contributed by atoms with Crippen molar-refractivity contribution >= 4 is 23.9 Å². The maximum atomic E-state index is 13.3. The highest BCUT2D eigenvalue weighted by Gasteiger charge is 2.42. The lowest BCUT2D eigenvalue weighted by Crippen LogP contribution is -2.25. The monoisotopic (exact) mass is 1210 g/mol. The van der Waals surface area contributed by atoms with Crippen molar-refractivity contribution in [2.45, 2.75) is 199 Å². The molecule has 0 spiro atoms. The van der Waals surface area contributed by atoms with Crippen LogP contribution < -0.4 is 18.9 Å². The highest BCUT2D eigenvalue weighted by atomic mass is 16.5. The van der Waals surface area contributed by atoms with E-state index in [0.29, 0.717) is 49.1 Å². The second-order valence-corrected chi connectivity index (χ2v) is 23.9. The van der Waals surface area contributed by atoms with Crippen LogP contribution in [0.1, 0.15) is 225 Å². The number of fused-ring (bicyclic) bond motifs is 3. The molecule has 0 aliphatic heterocycles. The van der Waals surface area contributed by atoms with Gasteiger partial charge in [0.25, 0.3) is 0 Å². The van der Waals surface area contributed by atoms with Gasteiger partial charge in [-0.25, -0.2) is 19.2 Å². The number of unbranched alkanes of at least 4 members (excludes halogenated alkanes) is 22. The van der Waals surface area contributed by atoms with E-state index in [4.69, 9.17) is 28.4 Å². The molecule has 474 valence electrons. The SMILES string of the molecule is C=CC(=O)OCCCCCCCCCCCOc1ccc(C(=O)Oc2ccc(-c3ccc4c(c3)C(CCCCCC)(CCCCCC)c3cc(-c5ccc(OC(=O)c6ccc(OCCCCCCCCCCCOC(=O)C=C)cc6)cc5)ccc3-4)cc2)cc1. The minimum absolute atomic E-state index is 0.159. The van der Waals surface area contributed by atoms with Gasteiger partial charge in [-0.3, -0.25) is 0 Å². The fraction of sp³-hybridized carbons (Fsp3) is 0.443. The first-order valence-corrected chi connectivity index (χ1v) is 33.6. The minimum Gasteiger partial charge on any atom is -0.494 e. The van der Waals surface area contributed by atoms with E-state index in [-0.39, 0.29) is 17.4 Å². The van der Waals surface area contributed by atoms with E-state index in [1.165, 1.54) is 124 Å². The van der Waals surface area contributed by atoms with Gasteiger partial charge >= 0.3 is 23.9 Å². The van der Waals surface area contributed by atoms with Gasteiger partial charge in [0.15, 0.2) is 0 Å². The molecule has 0 heterocycles. The Morgan fingerprint density at radius 3 is 0.989 bits per heavy atom. The lowest BCUT2D eigenvalue weighted by Gasteiger charge is -2.33. The van der Waals surface area contributed by atoms with Gasteiger partial charge in [-0.05, 0) is 168 Å². The van der Waals surface area contributed by atoms with Crippen LogP contribution in [0.5, 0.6) is 23.0 Å². The predicted molar refractivity (Wildman–Crippen MR) is 360 cm³/mol. The van der Waals surface area contributed by atoms with Crippen molar-refractivity contribution in [1.82, 2.24) is 0 Å². The molecule has 10 heteroatoms. The summed E-state index contributed by atoms with van der Waals surface area (Å²) in [4.78, 5) is 49.0. The van der Waals surface area contributed by atoms with E-state index in [2.05, 4.69) is 87.7 Å². The van der Waals surface area contributed by atoms with Crippen molar-refractivity contribution in [3.63, 3.8) is 0 Å². The third-order valence-corrected chi connectivity index (χ3v) is 17.2. The third kappa shape index (κ3) is 22.4. The van der Waals surface area contributed by atoms with E-state index in [0.717, 1.165) is 124 Å². The molecule has 7 rings (SSSR count). The molecule has 6 aromatic carbocycles. The van der Waals surface area contributed by atoms with Crippen LogP contribution in [0, 0.1) is 0 Å². The number of hydrogen-bond donors (Lipinski definition) is 0. The molecule has 0 unspecified atom stereocenters. The maximum Gasteiger partial charge on any atom is 0.343 e. The number of carbonyl (C=O) groups is 4. The number of carbonyl (C=O) groups excluding carboxylic acids is 4. The Morgan fingerprint density at radius 1 is 0.348 bits per heavy atom. The second kappa shape index (κ2) is 38.6. The Labute approximate surface area is 531 Å². The number of ether oxygens (including phenoxy) is 6. The zero-order chi connectivity index (χ0) is 62.7. The Kier molecular flexibility index (Phi) is 29.9. The molecule has 1 aliphatic rings. The number of rotatable bonds is 44. The van der Waals surface area contributed by atoms with Crippen LogP contribution in [0.2, 0.25) is 0 Å². The van der Waals surface area contributed by atoms with Crippen molar-refractivity contribution in [3.8, 4) is 56.4 Å². The molecule has 10 nitrogen and oxygen atoms in total. The van der Waals surface area contributed by atoms with E-state index < -0.39 is 11.9 Å². The topological polar surface area (TPSA) is 124 Å². The summed E-state index contributed by atoms with van der Waals surface area (Å²) < 4.78 is 33.9. The largest absolute Gasteiger partial charge is 0.494 e. The summed E-state index contributed by atoms with van der Waals surface area (Å²) in [5, 5.41) is 0. The summed E-state index contributed by atoms with van der Waals surface area (Å²) in [6.45, 7) is 13.6. The van der Waals surface area contributed by atoms with Crippen LogP contribution in [0.4, 0.5) is 0 Å². The molecule has 0 bridgehead atoms. The van der Waals surface area contributed by atoms with Gasteiger partial charge in [0.05, 0.1) is 37.6 Å². The van der Waals surface area contributed by atoms with E-state index in [9.17, 15) is 19.2 Å².